The number of nitrogens with zero attached hydrogens (tertiary/aromatic N) is 1. The number of carbonyl (C=O) groups is 1. The molecule has 0 saturated heterocycles. The molecule has 0 aromatic heterocycles. The highest BCUT2D eigenvalue weighted by atomic mass is 16.2. The minimum Gasteiger partial charge on any atom is -0.273 e. The van der Waals surface area contributed by atoms with Gasteiger partial charge in [-0.05, 0) is 25.2 Å². The van der Waals surface area contributed by atoms with Crippen LogP contribution in [0, 0.1) is 11.8 Å². The molecule has 3 nitrogen and oxygen atoms in total. The summed E-state index contributed by atoms with van der Waals surface area (Å²) in [5, 5.41) is 4.10. The SMILES string of the molecule is CC1CCCC2=NNC(=O)CC21. The number of nitrogens with one attached hydrogen (secondary N) is 1. The molecule has 1 fully saturated rings. The molecule has 0 aromatic carbocycles. The van der Waals surface area contributed by atoms with Gasteiger partial charge in [-0.2, -0.15) is 5.10 Å². The molecule has 2 aliphatic rings. The Kier molecular flexibility index (Phi) is 1.87. The third-order valence-corrected chi connectivity index (χ3v) is 2.94. The summed E-state index contributed by atoms with van der Waals surface area (Å²) in [6.45, 7) is 2.22. The zero-order valence-electron chi connectivity index (χ0n) is 7.34. The van der Waals surface area contributed by atoms with Crippen molar-refractivity contribution in [2.24, 2.45) is 16.9 Å². The molecular formula is C9H14N2O. The molecule has 1 saturated carbocycles. The van der Waals surface area contributed by atoms with E-state index in [4.69, 9.17) is 0 Å². The summed E-state index contributed by atoms with van der Waals surface area (Å²) in [6, 6.07) is 0. The molecule has 1 N–H and O–H groups in total. The number of hydrogen-bond acceptors (Lipinski definition) is 2. The van der Waals surface area contributed by atoms with Gasteiger partial charge in [0, 0.05) is 18.1 Å². The van der Waals surface area contributed by atoms with E-state index in [2.05, 4.69) is 17.5 Å². The van der Waals surface area contributed by atoms with Gasteiger partial charge in [0.15, 0.2) is 0 Å². The Morgan fingerprint density at radius 2 is 2.42 bits per heavy atom. The first kappa shape index (κ1) is 7.77. The number of fused-ring (bicyclic) bond motifs is 1. The van der Waals surface area contributed by atoms with Crippen LogP contribution in [-0.2, 0) is 4.79 Å². The minimum atomic E-state index is 0.0810. The second-order valence-electron chi connectivity index (χ2n) is 3.82. The Labute approximate surface area is 72.2 Å². The topological polar surface area (TPSA) is 41.5 Å². The minimum absolute atomic E-state index is 0.0810. The Bertz CT molecular complexity index is 235. The van der Waals surface area contributed by atoms with E-state index in [0.29, 0.717) is 18.3 Å². The smallest absolute Gasteiger partial charge is 0.240 e. The second kappa shape index (κ2) is 2.88. The predicted molar refractivity (Wildman–Crippen MR) is 46.7 cm³/mol. The molecular weight excluding hydrogens is 152 g/mol. The highest BCUT2D eigenvalue weighted by Crippen LogP contribution is 2.31. The Morgan fingerprint density at radius 3 is 3.25 bits per heavy atom. The molecule has 1 aliphatic carbocycles. The van der Waals surface area contributed by atoms with Crippen LogP contribution in [0.2, 0.25) is 0 Å². The molecule has 0 bridgehead atoms. The van der Waals surface area contributed by atoms with Gasteiger partial charge in [0.25, 0.3) is 0 Å². The fourth-order valence-corrected chi connectivity index (χ4v) is 2.16. The third kappa shape index (κ3) is 1.24. The van der Waals surface area contributed by atoms with Gasteiger partial charge in [-0.3, -0.25) is 4.79 Å². The molecule has 12 heavy (non-hydrogen) atoms. The van der Waals surface area contributed by atoms with Gasteiger partial charge in [-0.1, -0.05) is 6.92 Å². The molecule has 1 aliphatic heterocycles. The third-order valence-electron chi connectivity index (χ3n) is 2.94. The molecule has 0 spiro atoms. The van der Waals surface area contributed by atoms with Crippen LogP contribution in [0.3, 0.4) is 0 Å². The molecule has 2 rings (SSSR count). The van der Waals surface area contributed by atoms with Crippen molar-refractivity contribution in [1.82, 2.24) is 5.43 Å². The lowest BCUT2D eigenvalue weighted by atomic mass is 9.76. The summed E-state index contributed by atoms with van der Waals surface area (Å²) in [7, 11) is 0. The first-order chi connectivity index (χ1) is 5.77. The van der Waals surface area contributed by atoms with Crippen molar-refractivity contribution in [3.05, 3.63) is 0 Å². The molecule has 66 valence electrons. The number of hydrogen-bond donors (Lipinski definition) is 1. The molecule has 1 amide bonds. The fourth-order valence-electron chi connectivity index (χ4n) is 2.16. The van der Waals surface area contributed by atoms with Crippen molar-refractivity contribution in [3.8, 4) is 0 Å². The van der Waals surface area contributed by atoms with Crippen molar-refractivity contribution in [1.29, 1.82) is 0 Å². The maximum absolute atomic E-state index is 11.0. The van der Waals surface area contributed by atoms with Crippen molar-refractivity contribution in [2.75, 3.05) is 0 Å². The van der Waals surface area contributed by atoms with Crippen LogP contribution < -0.4 is 5.43 Å². The quantitative estimate of drug-likeness (QED) is 0.579. The van der Waals surface area contributed by atoms with Gasteiger partial charge in [-0.15, -0.1) is 0 Å². The standard InChI is InChI=1S/C9H14N2O/c1-6-3-2-4-8-7(6)5-9(12)11-10-8/h6-7H,2-5H2,1H3,(H,11,12). The average Bonchev–Trinajstić information content (AvgIpc) is 2.07. The van der Waals surface area contributed by atoms with E-state index in [1.807, 2.05) is 0 Å². The summed E-state index contributed by atoms with van der Waals surface area (Å²) >= 11 is 0. The summed E-state index contributed by atoms with van der Waals surface area (Å²) in [6.07, 6.45) is 4.21. The van der Waals surface area contributed by atoms with Crippen LogP contribution in [0.5, 0.6) is 0 Å². The largest absolute Gasteiger partial charge is 0.273 e. The lowest BCUT2D eigenvalue weighted by Gasteiger charge is -2.32. The number of carbonyl (C=O) groups excluding carboxylic acids is 1. The lowest BCUT2D eigenvalue weighted by molar-refractivity contribution is -0.122. The predicted octanol–water partition coefficient (Wildman–Crippen LogP) is 1.30. The van der Waals surface area contributed by atoms with E-state index in [0.717, 1.165) is 6.42 Å². The molecule has 2 unspecified atom stereocenters. The molecule has 0 aromatic rings. The van der Waals surface area contributed by atoms with E-state index >= 15 is 0 Å². The molecule has 2 atom stereocenters. The maximum Gasteiger partial charge on any atom is 0.240 e. The molecule has 3 heteroatoms. The van der Waals surface area contributed by atoms with Crippen LogP contribution in [0.15, 0.2) is 5.10 Å². The highest BCUT2D eigenvalue weighted by molar-refractivity contribution is 5.95. The molecule has 1 heterocycles. The van der Waals surface area contributed by atoms with Crippen molar-refractivity contribution < 1.29 is 4.79 Å². The van der Waals surface area contributed by atoms with Gasteiger partial charge in [0.1, 0.15) is 0 Å². The number of amides is 1. The Hall–Kier alpha value is -0.860. The van der Waals surface area contributed by atoms with E-state index in [-0.39, 0.29) is 5.91 Å². The summed E-state index contributed by atoms with van der Waals surface area (Å²) in [4.78, 5) is 11.0. The van der Waals surface area contributed by atoms with Crippen molar-refractivity contribution in [3.63, 3.8) is 0 Å². The van der Waals surface area contributed by atoms with E-state index in [1.165, 1.54) is 18.6 Å². The van der Waals surface area contributed by atoms with Gasteiger partial charge < -0.3 is 0 Å². The van der Waals surface area contributed by atoms with Gasteiger partial charge in [-0.25, -0.2) is 5.43 Å². The first-order valence-corrected chi connectivity index (χ1v) is 4.62. The van der Waals surface area contributed by atoms with Crippen LogP contribution in [0.25, 0.3) is 0 Å². The van der Waals surface area contributed by atoms with Crippen molar-refractivity contribution in [2.45, 2.75) is 32.6 Å². The van der Waals surface area contributed by atoms with Crippen LogP contribution in [-0.4, -0.2) is 11.6 Å². The molecule has 0 radical (unpaired) electrons. The number of rotatable bonds is 0. The average molecular weight is 166 g/mol. The monoisotopic (exact) mass is 166 g/mol. The van der Waals surface area contributed by atoms with Crippen molar-refractivity contribution >= 4 is 11.6 Å². The van der Waals surface area contributed by atoms with Crippen LogP contribution in [0.4, 0.5) is 0 Å². The Balaban J connectivity index is 2.19. The van der Waals surface area contributed by atoms with Gasteiger partial charge in [0.05, 0.1) is 0 Å². The van der Waals surface area contributed by atoms with Crippen LogP contribution >= 0.6 is 0 Å². The Morgan fingerprint density at radius 1 is 1.58 bits per heavy atom. The van der Waals surface area contributed by atoms with E-state index in [1.54, 1.807) is 0 Å². The highest BCUT2D eigenvalue weighted by Gasteiger charge is 2.31. The second-order valence-corrected chi connectivity index (χ2v) is 3.82. The van der Waals surface area contributed by atoms with E-state index in [9.17, 15) is 4.79 Å². The maximum atomic E-state index is 11.0. The summed E-state index contributed by atoms with van der Waals surface area (Å²) < 4.78 is 0. The van der Waals surface area contributed by atoms with E-state index < -0.39 is 0 Å². The number of hydrazone groups is 1. The normalized spacial score (nSPS) is 35.1. The lowest BCUT2D eigenvalue weighted by Crippen LogP contribution is -2.38. The summed E-state index contributed by atoms with van der Waals surface area (Å²) in [5.74, 6) is 1.16. The van der Waals surface area contributed by atoms with Gasteiger partial charge in [0.2, 0.25) is 5.91 Å². The summed E-state index contributed by atoms with van der Waals surface area (Å²) in [5.41, 5.74) is 3.77. The fraction of sp³-hybridized carbons (Fsp3) is 0.778. The van der Waals surface area contributed by atoms with Crippen LogP contribution in [0.1, 0.15) is 32.6 Å². The van der Waals surface area contributed by atoms with Gasteiger partial charge >= 0.3 is 0 Å². The first-order valence-electron chi connectivity index (χ1n) is 4.62. The zero-order chi connectivity index (χ0) is 8.55. The zero-order valence-corrected chi connectivity index (χ0v) is 7.34.